The highest BCUT2D eigenvalue weighted by Gasteiger charge is 2.35. The van der Waals surface area contributed by atoms with E-state index in [1.54, 1.807) is 53.9 Å². The highest BCUT2D eigenvalue weighted by atomic mass is 35.5. The van der Waals surface area contributed by atoms with Gasteiger partial charge in [-0.25, -0.2) is 4.68 Å². The molecule has 2 aromatic heterocycles. The topological polar surface area (TPSA) is 104 Å². The van der Waals surface area contributed by atoms with Crippen molar-refractivity contribution in [3.8, 4) is 45.3 Å². The number of carbonyl (C=O) groups excluding carboxylic acids is 1. The van der Waals surface area contributed by atoms with Gasteiger partial charge in [-0.3, -0.25) is 9.48 Å². The van der Waals surface area contributed by atoms with Crippen molar-refractivity contribution < 1.29 is 24.1 Å². The SMILES string of the molecule is COc1cc(Cl)cc(-n2nc(C(=O)N(C)C(C)(C)C)c3c2-c2cc(-c4cnn(CCO)c4)c(OC)cc2OC3)c1. The number of fused-ring (bicyclic) bond motifs is 3. The number of benzene rings is 2. The third-order valence-electron chi connectivity index (χ3n) is 7.04. The lowest BCUT2D eigenvalue weighted by Crippen LogP contribution is -2.43. The average Bonchev–Trinajstić information content (AvgIpc) is 3.56. The van der Waals surface area contributed by atoms with Gasteiger partial charge in [-0.05, 0) is 39.0 Å². The van der Waals surface area contributed by atoms with Crippen LogP contribution in [-0.4, -0.2) is 68.9 Å². The van der Waals surface area contributed by atoms with Gasteiger partial charge in [0.1, 0.15) is 23.9 Å². The van der Waals surface area contributed by atoms with Crippen LogP contribution in [0.1, 0.15) is 36.8 Å². The van der Waals surface area contributed by atoms with Crippen LogP contribution in [0.5, 0.6) is 17.2 Å². The van der Waals surface area contributed by atoms with Gasteiger partial charge in [-0.15, -0.1) is 0 Å². The summed E-state index contributed by atoms with van der Waals surface area (Å²) in [5, 5.41) is 19.0. The number of carbonyl (C=O) groups is 1. The molecule has 3 heterocycles. The number of aliphatic hydroxyl groups is 1. The Labute approximate surface area is 237 Å². The number of halogens is 1. The minimum Gasteiger partial charge on any atom is -0.497 e. The molecule has 40 heavy (non-hydrogen) atoms. The molecule has 1 amide bonds. The Morgan fingerprint density at radius 1 is 1.15 bits per heavy atom. The van der Waals surface area contributed by atoms with Crippen LogP contribution in [0.15, 0.2) is 42.7 Å². The first-order valence-electron chi connectivity index (χ1n) is 12.8. The Balaban J connectivity index is 1.76. The van der Waals surface area contributed by atoms with Crippen LogP contribution < -0.4 is 14.2 Å². The van der Waals surface area contributed by atoms with E-state index in [4.69, 9.17) is 30.9 Å². The zero-order chi connectivity index (χ0) is 28.8. The fraction of sp³-hybridized carbons (Fsp3) is 0.345. The molecular weight excluding hydrogens is 534 g/mol. The van der Waals surface area contributed by atoms with E-state index in [1.807, 2.05) is 45.2 Å². The van der Waals surface area contributed by atoms with Gasteiger partial charge < -0.3 is 24.2 Å². The monoisotopic (exact) mass is 565 g/mol. The molecule has 11 heteroatoms. The number of hydrogen-bond donors (Lipinski definition) is 1. The van der Waals surface area contributed by atoms with Gasteiger partial charge in [-0.2, -0.15) is 10.2 Å². The van der Waals surface area contributed by atoms with E-state index in [-0.39, 0.29) is 19.1 Å². The Bertz CT molecular complexity index is 1590. The Kier molecular flexibility index (Phi) is 7.24. The lowest BCUT2D eigenvalue weighted by atomic mass is 9.96. The molecule has 0 atom stereocenters. The van der Waals surface area contributed by atoms with E-state index in [1.165, 1.54) is 0 Å². The maximum absolute atomic E-state index is 13.8. The molecular formula is C29H32ClN5O5. The molecule has 0 unspecified atom stereocenters. The minimum atomic E-state index is -0.421. The van der Waals surface area contributed by atoms with Gasteiger partial charge in [0.2, 0.25) is 0 Å². The van der Waals surface area contributed by atoms with Gasteiger partial charge >= 0.3 is 0 Å². The van der Waals surface area contributed by atoms with E-state index in [0.29, 0.717) is 51.5 Å². The Morgan fingerprint density at radius 3 is 2.60 bits per heavy atom. The summed E-state index contributed by atoms with van der Waals surface area (Å²) in [6.07, 6.45) is 3.56. The molecule has 4 aromatic rings. The molecule has 5 rings (SSSR count). The van der Waals surface area contributed by atoms with Crippen LogP contribution in [0.2, 0.25) is 5.02 Å². The zero-order valence-electron chi connectivity index (χ0n) is 23.4. The number of ether oxygens (including phenoxy) is 3. The fourth-order valence-corrected chi connectivity index (χ4v) is 4.83. The van der Waals surface area contributed by atoms with Crippen LogP contribution in [0.3, 0.4) is 0 Å². The van der Waals surface area contributed by atoms with Gasteiger partial charge in [0.05, 0.1) is 44.9 Å². The number of methoxy groups -OCH3 is 2. The number of aromatic nitrogens is 4. The van der Waals surface area contributed by atoms with Crippen molar-refractivity contribution >= 4 is 17.5 Å². The van der Waals surface area contributed by atoms with Crippen molar-refractivity contribution in [2.75, 3.05) is 27.9 Å². The minimum absolute atomic E-state index is 0.0260. The Morgan fingerprint density at radius 2 is 1.93 bits per heavy atom. The highest BCUT2D eigenvalue weighted by molar-refractivity contribution is 6.30. The summed E-state index contributed by atoms with van der Waals surface area (Å²) in [4.78, 5) is 15.4. The number of nitrogens with zero attached hydrogens (tertiary/aromatic N) is 5. The van der Waals surface area contributed by atoms with Crippen molar-refractivity contribution in [1.29, 1.82) is 0 Å². The molecule has 1 aliphatic heterocycles. The molecule has 1 N–H and O–H groups in total. The predicted octanol–water partition coefficient (Wildman–Crippen LogP) is 4.83. The Hall–Kier alpha value is -4.02. The molecule has 0 aliphatic carbocycles. The second-order valence-electron chi connectivity index (χ2n) is 10.5. The third kappa shape index (κ3) is 4.89. The molecule has 10 nitrogen and oxygen atoms in total. The zero-order valence-corrected chi connectivity index (χ0v) is 24.1. The summed E-state index contributed by atoms with van der Waals surface area (Å²) in [5.41, 5.74) is 4.20. The first-order chi connectivity index (χ1) is 19.0. The summed E-state index contributed by atoms with van der Waals surface area (Å²) in [7, 11) is 4.93. The normalized spacial score (nSPS) is 12.4. The van der Waals surface area contributed by atoms with Crippen molar-refractivity contribution in [3.05, 3.63) is 59.0 Å². The van der Waals surface area contributed by atoms with Crippen LogP contribution >= 0.6 is 11.6 Å². The smallest absolute Gasteiger partial charge is 0.274 e. The number of amides is 1. The van der Waals surface area contributed by atoms with E-state index in [9.17, 15) is 9.90 Å². The first kappa shape index (κ1) is 27.5. The quantitative estimate of drug-likeness (QED) is 0.342. The largest absolute Gasteiger partial charge is 0.497 e. The van der Waals surface area contributed by atoms with Crippen molar-refractivity contribution in [2.45, 2.75) is 39.5 Å². The fourth-order valence-electron chi connectivity index (χ4n) is 4.61. The second-order valence-corrected chi connectivity index (χ2v) is 11.0. The lowest BCUT2D eigenvalue weighted by molar-refractivity contribution is 0.0646. The molecule has 0 bridgehead atoms. The second kappa shape index (κ2) is 10.5. The third-order valence-corrected chi connectivity index (χ3v) is 7.25. The number of hydrogen-bond acceptors (Lipinski definition) is 7. The molecule has 0 saturated heterocycles. The summed E-state index contributed by atoms with van der Waals surface area (Å²) in [6.45, 7) is 6.40. The molecule has 0 spiro atoms. The summed E-state index contributed by atoms with van der Waals surface area (Å²) in [6, 6.07) is 9.09. The van der Waals surface area contributed by atoms with E-state index in [2.05, 4.69) is 5.10 Å². The average molecular weight is 566 g/mol. The number of rotatable bonds is 7. The predicted molar refractivity (Wildman–Crippen MR) is 152 cm³/mol. The van der Waals surface area contributed by atoms with E-state index in [0.717, 1.165) is 16.7 Å². The van der Waals surface area contributed by atoms with Crippen LogP contribution in [0.4, 0.5) is 0 Å². The maximum Gasteiger partial charge on any atom is 0.274 e. The van der Waals surface area contributed by atoms with Crippen LogP contribution in [0, 0.1) is 0 Å². The van der Waals surface area contributed by atoms with Gasteiger partial charge in [-0.1, -0.05) is 11.6 Å². The molecule has 1 aliphatic rings. The maximum atomic E-state index is 13.8. The van der Waals surface area contributed by atoms with E-state index >= 15 is 0 Å². The summed E-state index contributed by atoms with van der Waals surface area (Å²) in [5.74, 6) is 1.53. The molecule has 0 radical (unpaired) electrons. The first-order valence-corrected chi connectivity index (χ1v) is 13.2. The van der Waals surface area contributed by atoms with Crippen LogP contribution in [0.25, 0.3) is 28.1 Å². The molecule has 2 aromatic carbocycles. The van der Waals surface area contributed by atoms with E-state index < -0.39 is 5.54 Å². The molecule has 0 saturated carbocycles. The highest BCUT2D eigenvalue weighted by Crippen LogP contribution is 2.46. The molecule has 210 valence electrons. The van der Waals surface area contributed by atoms with Crippen LogP contribution in [-0.2, 0) is 13.2 Å². The van der Waals surface area contributed by atoms with Gasteiger partial charge in [0, 0.05) is 58.2 Å². The van der Waals surface area contributed by atoms with Crippen molar-refractivity contribution in [3.63, 3.8) is 0 Å². The van der Waals surface area contributed by atoms with Crippen molar-refractivity contribution in [2.24, 2.45) is 0 Å². The summed E-state index contributed by atoms with van der Waals surface area (Å²) < 4.78 is 20.8. The molecule has 0 fully saturated rings. The van der Waals surface area contributed by atoms with Crippen molar-refractivity contribution in [1.82, 2.24) is 24.5 Å². The van der Waals surface area contributed by atoms with Gasteiger partial charge in [0.15, 0.2) is 5.69 Å². The summed E-state index contributed by atoms with van der Waals surface area (Å²) >= 11 is 6.45. The lowest BCUT2D eigenvalue weighted by Gasteiger charge is -2.31. The standard InChI is InChI=1S/C29H32ClN5O5/c1-29(2,3)33(4)28(37)26-23-16-40-25-13-24(39-6)21(17-14-31-34(15-17)7-8-36)12-22(25)27(23)35(32-26)19-9-18(30)10-20(11-19)38-5/h9-15,36H,7-8,16H2,1-6H3. The van der Waals surface area contributed by atoms with Gasteiger partial charge in [0.25, 0.3) is 5.91 Å². The number of aliphatic hydroxyl groups excluding tert-OH is 1.